The monoisotopic (exact) mass is 312 g/mol. The van der Waals surface area contributed by atoms with E-state index in [-0.39, 0.29) is 6.61 Å². The Labute approximate surface area is 110 Å². The van der Waals surface area contributed by atoms with Gasteiger partial charge < -0.3 is 14.6 Å². The van der Waals surface area contributed by atoms with Gasteiger partial charge in [-0.25, -0.2) is 4.39 Å². The number of hydrogen-bond donors (Lipinski definition) is 1. The van der Waals surface area contributed by atoms with E-state index in [1.165, 1.54) is 6.92 Å². The fourth-order valence-electron chi connectivity index (χ4n) is 1.31. The van der Waals surface area contributed by atoms with Gasteiger partial charge in [0.25, 0.3) is 5.79 Å². The van der Waals surface area contributed by atoms with Crippen molar-refractivity contribution < 1.29 is 45.7 Å². The van der Waals surface area contributed by atoms with Crippen molar-refractivity contribution in [3.63, 3.8) is 0 Å². The number of ether oxygens (including phenoxy) is 2. The zero-order valence-electron chi connectivity index (χ0n) is 10.6. The Morgan fingerprint density at radius 3 is 2.00 bits per heavy atom. The molecule has 0 saturated carbocycles. The Bertz CT molecular complexity index is 332. The minimum absolute atomic E-state index is 0.228. The van der Waals surface area contributed by atoms with Crippen molar-refractivity contribution in [2.24, 2.45) is 0 Å². The van der Waals surface area contributed by atoms with Crippen molar-refractivity contribution >= 4 is 5.97 Å². The highest BCUT2D eigenvalue weighted by molar-refractivity contribution is 5.70. The maximum absolute atomic E-state index is 13.6. The molecule has 0 spiro atoms. The van der Waals surface area contributed by atoms with Gasteiger partial charge >= 0.3 is 18.1 Å². The molecule has 0 radical (unpaired) electrons. The quantitative estimate of drug-likeness (QED) is 0.445. The highest BCUT2D eigenvalue weighted by Crippen LogP contribution is 2.46. The van der Waals surface area contributed by atoms with Crippen LogP contribution in [0.25, 0.3) is 0 Å². The number of halogens is 6. The van der Waals surface area contributed by atoms with Crippen LogP contribution < -0.4 is 0 Å². The lowest BCUT2D eigenvalue weighted by Gasteiger charge is -2.37. The highest BCUT2D eigenvalue weighted by atomic mass is 19.4. The maximum Gasteiger partial charge on any atom is 0.459 e. The first-order chi connectivity index (χ1) is 8.94. The fourth-order valence-corrected chi connectivity index (χ4v) is 1.31. The van der Waals surface area contributed by atoms with E-state index >= 15 is 0 Å². The third kappa shape index (κ3) is 3.75. The third-order valence-corrected chi connectivity index (χ3v) is 2.25. The molecule has 20 heavy (non-hydrogen) atoms. The van der Waals surface area contributed by atoms with Gasteiger partial charge in [0.05, 0.1) is 13.0 Å². The van der Waals surface area contributed by atoms with Gasteiger partial charge in [0, 0.05) is 6.61 Å². The predicted octanol–water partition coefficient (Wildman–Crippen LogP) is 2.20. The number of hydrogen-bond acceptors (Lipinski definition) is 4. The number of esters is 1. The van der Waals surface area contributed by atoms with Crippen molar-refractivity contribution in [2.75, 3.05) is 13.2 Å². The van der Waals surface area contributed by atoms with Gasteiger partial charge in [-0.3, -0.25) is 4.79 Å². The van der Waals surface area contributed by atoms with E-state index in [0.29, 0.717) is 0 Å². The van der Waals surface area contributed by atoms with Gasteiger partial charge in [0.1, 0.15) is 0 Å². The molecule has 1 N–H and O–H groups in total. The van der Waals surface area contributed by atoms with Crippen molar-refractivity contribution in [1.29, 1.82) is 0 Å². The van der Waals surface area contributed by atoms with Crippen LogP contribution in [0.2, 0.25) is 0 Å². The SMILES string of the molecule is CCOC(=O)CC(F)C(O)(OCC)C(F)(F)C(F)(F)F. The van der Waals surface area contributed by atoms with Crippen LogP contribution in [0.3, 0.4) is 0 Å². The van der Waals surface area contributed by atoms with Crippen molar-refractivity contribution in [3.8, 4) is 0 Å². The molecule has 0 aromatic rings. The molecule has 0 saturated heterocycles. The Morgan fingerprint density at radius 2 is 1.65 bits per heavy atom. The van der Waals surface area contributed by atoms with E-state index in [1.54, 1.807) is 0 Å². The smallest absolute Gasteiger partial charge is 0.459 e. The van der Waals surface area contributed by atoms with Crippen molar-refractivity contribution in [3.05, 3.63) is 0 Å². The molecule has 0 aromatic carbocycles. The second kappa shape index (κ2) is 6.61. The molecule has 0 aliphatic carbocycles. The first kappa shape index (κ1) is 19.0. The topological polar surface area (TPSA) is 55.8 Å². The molecule has 0 aliphatic rings. The third-order valence-electron chi connectivity index (χ3n) is 2.25. The number of carbonyl (C=O) groups is 1. The van der Waals surface area contributed by atoms with E-state index in [0.717, 1.165) is 6.92 Å². The van der Waals surface area contributed by atoms with Gasteiger partial charge in [-0.05, 0) is 13.8 Å². The summed E-state index contributed by atoms with van der Waals surface area (Å²) in [6, 6.07) is 0. The maximum atomic E-state index is 13.6. The van der Waals surface area contributed by atoms with Crippen LogP contribution in [0.1, 0.15) is 20.3 Å². The van der Waals surface area contributed by atoms with Crippen LogP contribution in [-0.4, -0.2) is 48.3 Å². The molecule has 2 atom stereocenters. The van der Waals surface area contributed by atoms with Crippen molar-refractivity contribution in [2.45, 2.75) is 44.3 Å². The summed E-state index contributed by atoms with van der Waals surface area (Å²) in [6.45, 7) is 1.25. The average Bonchev–Trinajstić information content (AvgIpc) is 2.27. The van der Waals surface area contributed by atoms with E-state index in [4.69, 9.17) is 0 Å². The number of rotatable bonds is 7. The number of alkyl halides is 6. The predicted molar refractivity (Wildman–Crippen MR) is 53.7 cm³/mol. The van der Waals surface area contributed by atoms with Gasteiger partial charge in [0.15, 0.2) is 6.17 Å². The zero-order valence-corrected chi connectivity index (χ0v) is 10.6. The van der Waals surface area contributed by atoms with E-state index < -0.39 is 43.1 Å². The molecule has 0 bridgehead atoms. The summed E-state index contributed by atoms with van der Waals surface area (Å²) < 4.78 is 84.7. The molecule has 10 heteroatoms. The summed E-state index contributed by atoms with van der Waals surface area (Å²) in [6.07, 6.45) is -11.1. The summed E-state index contributed by atoms with van der Waals surface area (Å²) in [7, 11) is 0. The van der Waals surface area contributed by atoms with E-state index in [2.05, 4.69) is 9.47 Å². The Hall–Kier alpha value is -1.03. The normalized spacial score (nSPS) is 17.4. The van der Waals surface area contributed by atoms with E-state index in [1.807, 2.05) is 0 Å². The largest absolute Gasteiger partial charge is 0.466 e. The molecule has 0 aliphatic heterocycles. The number of aliphatic hydroxyl groups is 1. The van der Waals surface area contributed by atoms with Gasteiger partial charge in [0.2, 0.25) is 0 Å². The zero-order chi connectivity index (χ0) is 16.2. The van der Waals surface area contributed by atoms with Gasteiger partial charge in [-0.2, -0.15) is 22.0 Å². The molecule has 0 amide bonds. The molecule has 2 unspecified atom stereocenters. The van der Waals surface area contributed by atoms with Crippen LogP contribution in [0.15, 0.2) is 0 Å². The minimum atomic E-state index is -6.25. The van der Waals surface area contributed by atoms with Gasteiger partial charge in [-0.15, -0.1) is 0 Å². The highest BCUT2D eigenvalue weighted by Gasteiger charge is 2.74. The average molecular weight is 312 g/mol. The Kier molecular flexibility index (Phi) is 6.27. The molecule has 0 aromatic heterocycles. The molecule has 120 valence electrons. The second-order valence-electron chi connectivity index (χ2n) is 3.68. The second-order valence-corrected chi connectivity index (χ2v) is 3.68. The summed E-state index contributed by atoms with van der Waals surface area (Å²) in [5.74, 6) is -11.8. The first-order valence-corrected chi connectivity index (χ1v) is 5.54. The van der Waals surface area contributed by atoms with Crippen LogP contribution in [0.4, 0.5) is 26.3 Å². The summed E-state index contributed by atoms with van der Waals surface area (Å²) in [5, 5.41) is 9.29. The van der Waals surface area contributed by atoms with Crippen LogP contribution >= 0.6 is 0 Å². The number of carbonyl (C=O) groups excluding carboxylic acids is 1. The molecule has 0 heterocycles. The first-order valence-electron chi connectivity index (χ1n) is 5.54. The molecule has 0 rings (SSSR count). The van der Waals surface area contributed by atoms with Crippen LogP contribution in [0.5, 0.6) is 0 Å². The Balaban J connectivity index is 5.33. The molecule has 4 nitrogen and oxygen atoms in total. The lowest BCUT2D eigenvalue weighted by molar-refractivity contribution is -0.418. The fraction of sp³-hybridized carbons (Fsp3) is 0.900. The summed E-state index contributed by atoms with van der Waals surface area (Å²) >= 11 is 0. The van der Waals surface area contributed by atoms with Crippen LogP contribution in [0, 0.1) is 0 Å². The standard InChI is InChI=1S/C10H14F6O4/c1-3-19-7(17)5-6(11)8(18,20-4-2)9(12,13)10(14,15)16/h6,18H,3-5H2,1-2H3. The molecular weight excluding hydrogens is 298 g/mol. The van der Waals surface area contributed by atoms with E-state index in [9.17, 15) is 36.2 Å². The Morgan fingerprint density at radius 1 is 1.15 bits per heavy atom. The molecular formula is C10H14F6O4. The van der Waals surface area contributed by atoms with Crippen molar-refractivity contribution in [1.82, 2.24) is 0 Å². The summed E-state index contributed by atoms with van der Waals surface area (Å²) in [5.41, 5.74) is 0. The molecule has 0 fully saturated rings. The lowest BCUT2D eigenvalue weighted by atomic mass is 10.00. The van der Waals surface area contributed by atoms with Crippen LogP contribution in [-0.2, 0) is 14.3 Å². The lowest BCUT2D eigenvalue weighted by Crippen LogP contribution is -2.64. The summed E-state index contributed by atoms with van der Waals surface area (Å²) in [4.78, 5) is 10.9. The van der Waals surface area contributed by atoms with Gasteiger partial charge in [-0.1, -0.05) is 0 Å². The minimum Gasteiger partial charge on any atom is -0.466 e.